The molecule has 0 spiro atoms. The van der Waals surface area contributed by atoms with E-state index < -0.39 is 0 Å². The molecule has 0 bridgehead atoms. The van der Waals surface area contributed by atoms with Gasteiger partial charge in [0.2, 0.25) is 0 Å². The van der Waals surface area contributed by atoms with Gasteiger partial charge in [0.05, 0.1) is 11.0 Å². The smallest absolute Gasteiger partial charge is 0.269 e. The Hall–Kier alpha value is -2.24. The van der Waals surface area contributed by atoms with Crippen molar-refractivity contribution in [2.24, 2.45) is 0 Å². The molecule has 23 heavy (non-hydrogen) atoms. The monoisotopic (exact) mass is 312 g/mol. The van der Waals surface area contributed by atoms with Crippen LogP contribution in [0.25, 0.3) is 0 Å². The zero-order valence-electron chi connectivity index (χ0n) is 12.9. The van der Waals surface area contributed by atoms with Gasteiger partial charge in [0, 0.05) is 24.8 Å². The van der Waals surface area contributed by atoms with Crippen LogP contribution in [-0.4, -0.2) is 24.1 Å². The van der Waals surface area contributed by atoms with Gasteiger partial charge in [-0.15, -0.1) is 0 Å². The molecule has 1 N–H and O–H groups in total. The van der Waals surface area contributed by atoms with Gasteiger partial charge >= 0.3 is 0 Å². The van der Waals surface area contributed by atoms with Crippen LogP contribution in [0.2, 0.25) is 0 Å². The van der Waals surface area contributed by atoms with Crippen LogP contribution >= 0.6 is 0 Å². The Morgan fingerprint density at radius 2 is 1.87 bits per heavy atom. The standard InChI is InChI=1S/C18H20N2O3/c21-20(22)16-8-6-14(7-9-16)10-12-19-17-11-13-23-18(17)15-4-2-1-3-5-15/h1-9,17-19H,10-13H2/t17-,18+/m0/s1. The molecule has 2 aromatic rings. The van der Waals surface area contributed by atoms with Crippen LogP contribution in [0.1, 0.15) is 23.7 Å². The molecule has 0 aliphatic carbocycles. The van der Waals surface area contributed by atoms with Crippen molar-refractivity contribution >= 4 is 5.69 Å². The molecule has 120 valence electrons. The number of nitrogens with zero attached hydrogens (tertiary/aromatic N) is 1. The van der Waals surface area contributed by atoms with Gasteiger partial charge in [-0.2, -0.15) is 0 Å². The van der Waals surface area contributed by atoms with Crippen LogP contribution in [0.3, 0.4) is 0 Å². The molecule has 2 aromatic carbocycles. The second-order valence-electron chi connectivity index (χ2n) is 5.72. The number of hydrogen-bond donors (Lipinski definition) is 1. The highest BCUT2D eigenvalue weighted by atomic mass is 16.6. The molecule has 0 aromatic heterocycles. The first-order chi connectivity index (χ1) is 11.2. The molecular formula is C18H20N2O3. The van der Waals surface area contributed by atoms with Gasteiger partial charge in [0.15, 0.2) is 0 Å². The number of benzene rings is 2. The molecule has 5 heteroatoms. The van der Waals surface area contributed by atoms with Gasteiger partial charge in [0.1, 0.15) is 0 Å². The molecule has 1 fully saturated rings. The first-order valence-electron chi connectivity index (χ1n) is 7.87. The molecule has 1 heterocycles. The van der Waals surface area contributed by atoms with E-state index in [9.17, 15) is 10.1 Å². The SMILES string of the molecule is O=[N+]([O-])c1ccc(CCN[C@H]2CCO[C@@H]2c2ccccc2)cc1. The van der Waals surface area contributed by atoms with Crippen LogP contribution in [0.4, 0.5) is 5.69 Å². The molecule has 1 aliphatic rings. The molecular weight excluding hydrogens is 292 g/mol. The van der Waals surface area contributed by atoms with Gasteiger partial charge in [-0.25, -0.2) is 0 Å². The van der Waals surface area contributed by atoms with Crippen molar-refractivity contribution in [2.45, 2.75) is 25.0 Å². The van der Waals surface area contributed by atoms with Crippen LogP contribution in [0.5, 0.6) is 0 Å². The lowest BCUT2D eigenvalue weighted by atomic mass is 10.0. The highest BCUT2D eigenvalue weighted by molar-refractivity contribution is 5.33. The van der Waals surface area contributed by atoms with E-state index in [1.54, 1.807) is 12.1 Å². The third kappa shape index (κ3) is 3.94. The predicted molar refractivity (Wildman–Crippen MR) is 88.3 cm³/mol. The van der Waals surface area contributed by atoms with E-state index >= 15 is 0 Å². The minimum atomic E-state index is -0.373. The summed E-state index contributed by atoms with van der Waals surface area (Å²) in [5.41, 5.74) is 2.44. The van der Waals surface area contributed by atoms with Crippen LogP contribution in [0, 0.1) is 10.1 Å². The van der Waals surface area contributed by atoms with Crippen molar-refractivity contribution in [2.75, 3.05) is 13.2 Å². The Morgan fingerprint density at radius 1 is 1.13 bits per heavy atom. The summed E-state index contributed by atoms with van der Waals surface area (Å²) in [6.07, 6.45) is 1.95. The van der Waals surface area contributed by atoms with E-state index in [-0.39, 0.29) is 16.7 Å². The van der Waals surface area contributed by atoms with Gasteiger partial charge < -0.3 is 10.1 Å². The van der Waals surface area contributed by atoms with Crippen LogP contribution < -0.4 is 5.32 Å². The number of non-ortho nitro benzene ring substituents is 1. The van der Waals surface area contributed by atoms with Crippen molar-refractivity contribution in [3.63, 3.8) is 0 Å². The largest absolute Gasteiger partial charge is 0.372 e. The van der Waals surface area contributed by atoms with E-state index in [0.717, 1.165) is 31.6 Å². The summed E-state index contributed by atoms with van der Waals surface area (Å²) < 4.78 is 5.86. The Morgan fingerprint density at radius 3 is 2.57 bits per heavy atom. The Kier molecular flexibility index (Phi) is 5.00. The maximum atomic E-state index is 10.7. The molecule has 1 aliphatic heterocycles. The van der Waals surface area contributed by atoms with E-state index in [0.29, 0.717) is 6.04 Å². The average molecular weight is 312 g/mol. The number of hydrogen-bond acceptors (Lipinski definition) is 4. The summed E-state index contributed by atoms with van der Waals surface area (Å²) in [4.78, 5) is 10.3. The molecule has 2 atom stereocenters. The van der Waals surface area contributed by atoms with Gasteiger partial charge in [-0.05, 0) is 30.5 Å². The third-order valence-electron chi connectivity index (χ3n) is 4.19. The number of nitrogens with one attached hydrogen (secondary N) is 1. The van der Waals surface area contributed by atoms with Crippen molar-refractivity contribution in [1.82, 2.24) is 5.32 Å². The molecule has 0 unspecified atom stereocenters. The molecule has 3 rings (SSSR count). The quantitative estimate of drug-likeness (QED) is 0.657. The Balaban J connectivity index is 1.52. The first-order valence-corrected chi connectivity index (χ1v) is 7.87. The van der Waals surface area contributed by atoms with Gasteiger partial charge in [-0.1, -0.05) is 42.5 Å². The summed E-state index contributed by atoms with van der Waals surface area (Å²) in [5.74, 6) is 0. The average Bonchev–Trinajstić information content (AvgIpc) is 3.05. The summed E-state index contributed by atoms with van der Waals surface area (Å²) in [6.45, 7) is 1.60. The zero-order valence-corrected chi connectivity index (χ0v) is 12.9. The van der Waals surface area contributed by atoms with E-state index in [2.05, 4.69) is 17.4 Å². The second kappa shape index (κ2) is 7.35. The van der Waals surface area contributed by atoms with Crippen LogP contribution in [-0.2, 0) is 11.2 Å². The molecule has 5 nitrogen and oxygen atoms in total. The number of nitro groups is 1. The molecule has 0 amide bonds. The Labute approximate surface area is 135 Å². The van der Waals surface area contributed by atoms with Gasteiger partial charge in [-0.3, -0.25) is 10.1 Å². The molecule has 0 radical (unpaired) electrons. The second-order valence-corrected chi connectivity index (χ2v) is 5.72. The fourth-order valence-corrected chi connectivity index (χ4v) is 2.96. The lowest BCUT2D eigenvalue weighted by molar-refractivity contribution is -0.384. The number of nitro benzene ring substituents is 1. The third-order valence-corrected chi connectivity index (χ3v) is 4.19. The summed E-state index contributed by atoms with van der Waals surface area (Å²) >= 11 is 0. The number of ether oxygens (including phenoxy) is 1. The lowest BCUT2D eigenvalue weighted by Gasteiger charge is -2.20. The van der Waals surface area contributed by atoms with Crippen molar-refractivity contribution in [3.05, 3.63) is 75.8 Å². The Bertz CT molecular complexity index is 643. The van der Waals surface area contributed by atoms with E-state index in [1.807, 2.05) is 30.3 Å². The van der Waals surface area contributed by atoms with Crippen molar-refractivity contribution in [1.29, 1.82) is 0 Å². The topological polar surface area (TPSA) is 64.4 Å². The molecule has 1 saturated heterocycles. The van der Waals surface area contributed by atoms with E-state index in [4.69, 9.17) is 4.74 Å². The normalized spacial score (nSPS) is 20.5. The zero-order chi connectivity index (χ0) is 16.1. The van der Waals surface area contributed by atoms with Gasteiger partial charge in [0.25, 0.3) is 5.69 Å². The number of rotatable bonds is 6. The highest BCUT2D eigenvalue weighted by Crippen LogP contribution is 2.28. The highest BCUT2D eigenvalue weighted by Gasteiger charge is 2.28. The van der Waals surface area contributed by atoms with Crippen molar-refractivity contribution in [3.8, 4) is 0 Å². The maximum Gasteiger partial charge on any atom is 0.269 e. The molecule has 0 saturated carbocycles. The fraction of sp³-hybridized carbons (Fsp3) is 0.333. The van der Waals surface area contributed by atoms with E-state index in [1.165, 1.54) is 5.56 Å². The lowest BCUT2D eigenvalue weighted by Crippen LogP contribution is -2.33. The predicted octanol–water partition coefficient (Wildman–Crippen LogP) is 3.26. The summed E-state index contributed by atoms with van der Waals surface area (Å²) in [5, 5.41) is 14.2. The fourth-order valence-electron chi connectivity index (χ4n) is 2.96. The maximum absolute atomic E-state index is 10.7. The minimum absolute atomic E-state index is 0.105. The summed E-state index contributed by atoms with van der Waals surface area (Å²) in [6, 6.07) is 17.3. The van der Waals surface area contributed by atoms with Crippen LogP contribution in [0.15, 0.2) is 54.6 Å². The van der Waals surface area contributed by atoms with Crippen molar-refractivity contribution < 1.29 is 9.66 Å². The summed E-state index contributed by atoms with van der Waals surface area (Å²) in [7, 11) is 0. The minimum Gasteiger partial charge on any atom is -0.372 e. The first kappa shape index (κ1) is 15.6.